The molecule has 1 saturated heterocycles. The third-order valence-electron chi connectivity index (χ3n) is 7.35. The van der Waals surface area contributed by atoms with Gasteiger partial charge in [0.15, 0.2) is 0 Å². The van der Waals surface area contributed by atoms with Crippen molar-refractivity contribution in [1.29, 1.82) is 0 Å². The molecular weight excluding hydrogens is 450 g/mol. The van der Waals surface area contributed by atoms with Crippen molar-refractivity contribution in [3.8, 4) is 0 Å². The number of carbonyl (C=O) groups is 2. The quantitative estimate of drug-likeness (QED) is 0.555. The number of hydrogen-bond donors (Lipinski definition) is 0. The van der Waals surface area contributed by atoms with Gasteiger partial charge in [-0.2, -0.15) is 4.31 Å². The van der Waals surface area contributed by atoms with E-state index in [2.05, 4.69) is 0 Å². The minimum Gasteiger partial charge on any atom is -0.351 e. The lowest BCUT2D eigenvalue weighted by atomic mass is 9.68. The summed E-state index contributed by atoms with van der Waals surface area (Å²) in [6.45, 7) is 5.13. The van der Waals surface area contributed by atoms with Crippen LogP contribution in [0.4, 0.5) is 0 Å². The van der Waals surface area contributed by atoms with Crippen LogP contribution < -0.4 is 0 Å². The van der Waals surface area contributed by atoms with Crippen LogP contribution in [0.5, 0.6) is 0 Å². The Labute approximate surface area is 202 Å². The average Bonchev–Trinajstić information content (AvgIpc) is 3.17. The SMILES string of the molecule is CC(=O)CC[C@]1([C@H]2O[C@H](c3ccccc3)[C@@H](C)N2S(=O)(=O)c2ccccc2C)CCCCC1=O. The van der Waals surface area contributed by atoms with E-state index in [9.17, 15) is 18.0 Å². The van der Waals surface area contributed by atoms with Gasteiger partial charge in [-0.15, -0.1) is 0 Å². The fourth-order valence-corrected chi connectivity index (χ4v) is 7.50. The number of ether oxygens (including phenoxy) is 1. The normalized spacial score (nSPS) is 28.2. The number of rotatable bonds is 7. The van der Waals surface area contributed by atoms with E-state index in [4.69, 9.17) is 4.74 Å². The van der Waals surface area contributed by atoms with Crippen molar-refractivity contribution >= 4 is 21.6 Å². The third kappa shape index (κ3) is 4.37. The number of carbonyl (C=O) groups excluding carboxylic acids is 2. The Kier molecular flexibility index (Phi) is 7.08. The molecule has 2 aliphatic rings. The zero-order chi connectivity index (χ0) is 24.5. The minimum atomic E-state index is -3.99. The summed E-state index contributed by atoms with van der Waals surface area (Å²) in [5, 5.41) is 0. The van der Waals surface area contributed by atoms with Gasteiger partial charge in [0.05, 0.1) is 16.4 Å². The van der Waals surface area contributed by atoms with Crippen molar-refractivity contribution < 1.29 is 22.7 Å². The molecule has 7 heteroatoms. The van der Waals surface area contributed by atoms with Crippen LogP contribution in [-0.2, 0) is 24.3 Å². The lowest BCUT2D eigenvalue weighted by molar-refractivity contribution is -0.150. The molecule has 0 amide bonds. The number of aryl methyl sites for hydroxylation is 1. The molecule has 0 spiro atoms. The highest BCUT2D eigenvalue weighted by molar-refractivity contribution is 7.89. The number of nitrogens with zero attached hydrogens (tertiary/aromatic N) is 1. The van der Waals surface area contributed by atoms with Crippen molar-refractivity contribution in [1.82, 2.24) is 4.31 Å². The van der Waals surface area contributed by atoms with Crippen molar-refractivity contribution in [2.75, 3.05) is 0 Å². The summed E-state index contributed by atoms with van der Waals surface area (Å²) in [6, 6.07) is 15.9. The van der Waals surface area contributed by atoms with Gasteiger partial charge in [0.1, 0.15) is 23.9 Å². The first-order valence-electron chi connectivity index (χ1n) is 12.0. The van der Waals surface area contributed by atoms with Gasteiger partial charge >= 0.3 is 0 Å². The first-order valence-corrected chi connectivity index (χ1v) is 13.4. The summed E-state index contributed by atoms with van der Waals surface area (Å²) in [4.78, 5) is 25.7. The van der Waals surface area contributed by atoms with E-state index in [-0.39, 0.29) is 22.9 Å². The van der Waals surface area contributed by atoms with E-state index < -0.39 is 33.8 Å². The number of sulfonamides is 1. The van der Waals surface area contributed by atoms with Gasteiger partial charge in [0.25, 0.3) is 0 Å². The summed E-state index contributed by atoms with van der Waals surface area (Å²) < 4.78 is 36.3. The second kappa shape index (κ2) is 9.72. The van der Waals surface area contributed by atoms with Crippen molar-refractivity contribution in [3.63, 3.8) is 0 Å². The highest BCUT2D eigenvalue weighted by Gasteiger charge is 2.59. The van der Waals surface area contributed by atoms with Gasteiger partial charge in [-0.25, -0.2) is 8.42 Å². The lowest BCUT2D eigenvalue weighted by Gasteiger charge is -2.43. The Bertz CT molecular complexity index is 1160. The smallest absolute Gasteiger partial charge is 0.245 e. The molecule has 0 aromatic heterocycles. The second-order valence-corrected chi connectivity index (χ2v) is 11.5. The van der Waals surface area contributed by atoms with Crippen LogP contribution in [-0.4, -0.2) is 36.6 Å². The largest absolute Gasteiger partial charge is 0.351 e. The number of Topliss-reactive ketones (excluding diaryl/α,β-unsaturated/α-hetero) is 2. The topological polar surface area (TPSA) is 80.8 Å². The molecule has 1 aliphatic carbocycles. The van der Waals surface area contributed by atoms with Crippen molar-refractivity contribution in [2.45, 2.75) is 82.6 Å². The molecule has 1 saturated carbocycles. The molecule has 0 N–H and O–H groups in total. The van der Waals surface area contributed by atoms with Crippen molar-refractivity contribution in [3.05, 3.63) is 65.7 Å². The first kappa shape index (κ1) is 24.8. The molecule has 6 nitrogen and oxygen atoms in total. The Hall–Kier alpha value is -2.35. The summed E-state index contributed by atoms with van der Waals surface area (Å²) in [7, 11) is -3.99. The number of benzene rings is 2. The Morgan fingerprint density at radius 1 is 1.09 bits per heavy atom. The number of ketones is 2. The molecule has 0 radical (unpaired) electrons. The molecular formula is C27H33NO5S. The van der Waals surface area contributed by atoms with E-state index in [0.717, 1.165) is 18.4 Å². The van der Waals surface area contributed by atoms with E-state index >= 15 is 0 Å². The molecule has 1 heterocycles. The maximum absolute atomic E-state index is 14.2. The monoisotopic (exact) mass is 483 g/mol. The van der Waals surface area contributed by atoms with E-state index in [1.54, 1.807) is 25.1 Å². The fourth-order valence-electron chi connectivity index (χ4n) is 5.50. The van der Waals surface area contributed by atoms with Crippen LogP contribution in [0.1, 0.15) is 69.6 Å². The van der Waals surface area contributed by atoms with Crippen LogP contribution >= 0.6 is 0 Å². The van der Waals surface area contributed by atoms with Crippen LogP contribution in [0.3, 0.4) is 0 Å². The van der Waals surface area contributed by atoms with E-state index in [1.165, 1.54) is 11.2 Å². The predicted octanol–water partition coefficient (Wildman–Crippen LogP) is 4.97. The molecule has 1 aliphatic heterocycles. The zero-order valence-corrected chi connectivity index (χ0v) is 20.9. The molecule has 2 fully saturated rings. The Morgan fingerprint density at radius 2 is 1.76 bits per heavy atom. The van der Waals surface area contributed by atoms with Gasteiger partial charge in [-0.05, 0) is 57.2 Å². The van der Waals surface area contributed by atoms with Gasteiger partial charge in [-0.3, -0.25) is 4.79 Å². The van der Waals surface area contributed by atoms with Gasteiger partial charge in [0, 0.05) is 12.8 Å². The first-order chi connectivity index (χ1) is 16.2. The second-order valence-electron chi connectivity index (χ2n) is 9.65. The summed E-state index contributed by atoms with van der Waals surface area (Å²) in [5.74, 6) is -0.0207. The Balaban J connectivity index is 1.87. The maximum Gasteiger partial charge on any atom is 0.245 e. The zero-order valence-electron chi connectivity index (χ0n) is 20.1. The van der Waals surface area contributed by atoms with Crippen molar-refractivity contribution in [2.24, 2.45) is 5.41 Å². The van der Waals surface area contributed by atoms with E-state index in [1.807, 2.05) is 43.3 Å². The third-order valence-corrected chi connectivity index (χ3v) is 9.44. The fraction of sp³-hybridized carbons (Fsp3) is 0.481. The molecule has 34 heavy (non-hydrogen) atoms. The van der Waals surface area contributed by atoms with Gasteiger partial charge in [-0.1, -0.05) is 55.0 Å². The Morgan fingerprint density at radius 3 is 2.41 bits per heavy atom. The summed E-state index contributed by atoms with van der Waals surface area (Å²) >= 11 is 0. The predicted molar refractivity (Wildman–Crippen MR) is 130 cm³/mol. The summed E-state index contributed by atoms with van der Waals surface area (Å²) in [5.41, 5.74) is 0.467. The van der Waals surface area contributed by atoms with Crippen LogP contribution in [0.2, 0.25) is 0 Å². The molecule has 4 atom stereocenters. The lowest BCUT2D eigenvalue weighted by Crippen LogP contribution is -2.54. The highest BCUT2D eigenvalue weighted by Crippen LogP contribution is 2.51. The average molecular weight is 484 g/mol. The molecule has 2 aromatic rings. The van der Waals surface area contributed by atoms with E-state index in [0.29, 0.717) is 24.8 Å². The molecule has 0 bridgehead atoms. The molecule has 4 rings (SSSR count). The van der Waals surface area contributed by atoms with Crippen LogP contribution in [0.25, 0.3) is 0 Å². The summed E-state index contributed by atoms with van der Waals surface area (Å²) in [6.07, 6.45) is 1.48. The minimum absolute atomic E-state index is 0.00380. The standard InChI is InChI=1S/C27H33NO5S/c1-19-11-7-8-14-23(19)34(31,32)28-21(3)25(22-12-5-4-6-13-22)33-26(28)27(18-16-20(2)29)17-10-9-15-24(27)30/h4-8,11-14,21,25-26H,9-10,15-18H2,1-3H3/t21-,25+,26-,27-/m1/s1. The van der Waals surface area contributed by atoms with Crippen LogP contribution in [0.15, 0.2) is 59.5 Å². The maximum atomic E-state index is 14.2. The van der Waals surface area contributed by atoms with Gasteiger partial charge < -0.3 is 9.53 Å². The number of hydrogen-bond acceptors (Lipinski definition) is 5. The highest BCUT2D eigenvalue weighted by atomic mass is 32.2. The molecule has 2 aromatic carbocycles. The molecule has 182 valence electrons. The molecule has 0 unspecified atom stereocenters. The van der Waals surface area contributed by atoms with Crippen LogP contribution in [0, 0.1) is 12.3 Å². The van der Waals surface area contributed by atoms with Gasteiger partial charge in [0.2, 0.25) is 10.0 Å².